The van der Waals surface area contributed by atoms with Crippen LogP contribution in [-0.4, -0.2) is 63.6 Å². The van der Waals surface area contributed by atoms with Gasteiger partial charge in [-0.15, -0.1) is 34.3 Å². The van der Waals surface area contributed by atoms with E-state index in [4.69, 9.17) is 32.7 Å². The Kier molecular flexibility index (Phi) is 23.1. The van der Waals surface area contributed by atoms with E-state index >= 15 is 0 Å². The standard InChI is InChI=1S/C26H16Br2O4Si.C26H18O4Si.C26H20Si.C14H12Cl2Si.C12H8.2Li/c27-16-3-7-20-21-8-4-17(28)12-25(21)33(24(20)11-16)22-9-14(13-32-31)1-5-18(22)19-6-2-15(26(29)30)10-23(19)33;27-26(28)17-10-12-21-20-11-9-16(15-30-29)13-24(20)31(25(21)14-17)22-7-3-1-5-18(22)19-6-2-4-8-23(19)31;1-17-11-13-21-22-14-12-18(2)16-26(22)27(25(21)15-17)23-9-5-3-7-19(23)20-8-4-6-10-24(20)27;1-9-3-5-11-12-6-4-10(2)8-14(12)17(15,16)13(11)7-9;1-3-7-11(8-4-1)12-9-5-2-6-10-12;;/h1-12,31H,13H2,(H,29,30);1-14,29H,15H2,(H,27,28);3-16H,1-2H3;3-8H,1-2H3;1-7,9H;;/q;;;;-2;2*+1. The van der Waals surface area contributed by atoms with Crippen molar-refractivity contribution in [3.8, 4) is 89.0 Å². The van der Waals surface area contributed by atoms with E-state index in [1.54, 1.807) is 32.9 Å². The number of aromatic carboxylic acids is 2. The van der Waals surface area contributed by atoms with Crippen molar-refractivity contribution in [2.24, 2.45) is 0 Å². The Morgan fingerprint density at radius 3 is 0.852 bits per heavy atom. The number of carboxylic acids is 2. The van der Waals surface area contributed by atoms with Crippen LogP contribution in [0.2, 0.25) is 0 Å². The molecule has 0 fully saturated rings. The Hall–Kier alpha value is -10.1. The third-order valence-electron chi connectivity index (χ3n) is 24.8. The van der Waals surface area contributed by atoms with Crippen molar-refractivity contribution in [2.75, 3.05) is 0 Å². The van der Waals surface area contributed by atoms with Gasteiger partial charge in [0.1, 0.15) is 13.2 Å². The van der Waals surface area contributed by atoms with Crippen LogP contribution in [0.15, 0.2) is 337 Å². The molecule has 0 bridgehead atoms. The number of carboxylic acid groups (broad SMARTS) is 2. The Morgan fingerprint density at radius 2 is 0.541 bits per heavy atom. The van der Waals surface area contributed by atoms with Gasteiger partial charge in [-0.25, -0.2) is 30.5 Å². The molecule has 23 rings (SSSR count). The molecular formula is C104H74Br2Cl2Li2O8Si4. The predicted molar refractivity (Wildman–Crippen MR) is 505 cm³/mol. The minimum Gasteiger partial charge on any atom is -0.478 e. The first-order valence-electron chi connectivity index (χ1n) is 39.6. The van der Waals surface area contributed by atoms with Gasteiger partial charge < -0.3 is 10.2 Å². The van der Waals surface area contributed by atoms with Gasteiger partial charge in [-0.05, 0) is 238 Å². The van der Waals surface area contributed by atoms with Crippen molar-refractivity contribution < 1.29 is 77.8 Å². The summed E-state index contributed by atoms with van der Waals surface area (Å²) in [6.45, 7) is 6.30. The first-order chi connectivity index (χ1) is 58.3. The summed E-state index contributed by atoms with van der Waals surface area (Å²) in [5.74, 6) is -1.86. The molecule has 0 aliphatic carbocycles. The second-order valence-electron chi connectivity index (χ2n) is 31.6. The van der Waals surface area contributed by atoms with Gasteiger partial charge in [0.25, 0.3) is 0 Å². The number of halogens is 4. The van der Waals surface area contributed by atoms with E-state index in [2.05, 4.69) is 312 Å². The SMILES string of the molecule is Cc1ccc2c(c1)[Si](Cl)(Cl)c1cc(C)ccc1-2.Cc1ccc2c(c1)[Si]1(c3ccccc3-c3ccccc31)c1cc(C)ccc1-2.O=C(O)c1ccc2c(c1)[Si]1(c3cc(Br)ccc3-c3ccc(Br)cc31)c1cc(COO)ccc1-2.O=C(O)c1ccc2c(c1)[Si]1(c3ccccc3-c3ccccc31)c1cc(COO)ccc1-2.[Li+].[Li+].[c-]1ccccc1-c1[c-]cccc1. The first kappa shape index (κ1) is 84.1. The molecule has 584 valence electrons. The van der Waals surface area contributed by atoms with Crippen molar-refractivity contribution in [1.29, 1.82) is 0 Å². The monoisotopic (exact) mass is 1800 g/mol. The Morgan fingerprint density at radius 1 is 0.295 bits per heavy atom. The largest absolute Gasteiger partial charge is 1.00 e. The minimum absolute atomic E-state index is 0. The van der Waals surface area contributed by atoms with Crippen molar-refractivity contribution in [1.82, 2.24) is 0 Å². The van der Waals surface area contributed by atoms with E-state index in [0.29, 0.717) is 5.56 Å². The van der Waals surface area contributed by atoms with Crippen LogP contribution in [0, 0.1) is 39.8 Å². The molecule has 18 heteroatoms. The minimum atomic E-state index is -2.81. The molecule has 0 radical (unpaired) electrons. The molecule has 7 aliphatic rings. The van der Waals surface area contributed by atoms with E-state index in [1.807, 2.05) is 84.9 Å². The maximum absolute atomic E-state index is 12.0. The van der Waals surface area contributed by atoms with Crippen molar-refractivity contribution >= 4 is 169 Å². The summed E-state index contributed by atoms with van der Waals surface area (Å²) in [5, 5.41) is 55.9. The summed E-state index contributed by atoms with van der Waals surface area (Å²) in [6.07, 6.45) is 0. The number of aryl methyl sites for hydroxylation is 4. The van der Waals surface area contributed by atoms with Gasteiger partial charge in [-0.3, -0.25) is 10.5 Å². The van der Waals surface area contributed by atoms with E-state index in [0.717, 1.165) is 74.2 Å². The number of rotatable bonds is 7. The maximum Gasteiger partial charge on any atom is 1.00 e. The Balaban J connectivity index is 0.000000112. The molecule has 0 saturated carbocycles. The number of hydrogen-bond acceptors (Lipinski definition) is 6. The van der Waals surface area contributed by atoms with Gasteiger partial charge in [0, 0.05) is 8.95 Å². The number of benzene rings is 16. The average molecular weight is 1810 g/mol. The maximum atomic E-state index is 12.0. The van der Waals surface area contributed by atoms with Crippen LogP contribution < -0.4 is 110 Å². The molecule has 0 unspecified atom stereocenters. The zero-order valence-electron chi connectivity index (χ0n) is 67.5. The van der Waals surface area contributed by atoms with Crippen LogP contribution in [0.4, 0.5) is 0 Å². The second kappa shape index (κ2) is 33.5. The number of fused-ring (bicyclic) bond motifs is 33. The molecule has 8 nitrogen and oxygen atoms in total. The molecule has 0 aromatic heterocycles. The number of hydrogen-bond donors (Lipinski definition) is 4. The molecule has 7 heterocycles. The molecular weight excluding hydrogens is 1730 g/mol. The molecule has 122 heavy (non-hydrogen) atoms. The third kappa shape index (κ3) is 13.6. The van der Waals surface area contributed by atoms with Crippen LogP contribution in [0.1, 0.15) is 54.1 Å². The normalized spacial score (nSPS) is 13.7. The molecule has 16 aromatic carbocycles. The van der Waals surface area contributed by atoms with E-state index in [1.165, 1.54) is 109 Å². The van der Waals surface area contributed by atoms with Crippen molar-refractivity contribution in [2.45, 2.75) is 40.9 Å². The Labute approximate surface area is 763 Å². The predicted octanol–water partition coefficient (Wildman–Crippen LogP) is 10.9. The first-order valence-corrected chi connectivity index (χ1v) is 51.2. The van der Waals surface area contributed by atoms with Gasteiger partial charge in [0.2, 0.25) is 0 Å². The van der Waals surface area contributed by atoms with E-state index in [9.17, 15) is 19.8 Å². The zero-order valence-corrected chi connectivity index (χ0v) is 76.2. The molecule has 0 atom stereocenters. The summed E-state index contributed by atoms with van der Waals surface area (Å²) in [5.41, 5.74) is 27.0. The number of carbonyl (C=O) groups is 2. The fraction of sp³-hybridized carbons (Fsp3) is 0.0577. The summed E-state index contributed by atoms with van der Waals surface area (Å²) in [6, 6.07) is 120. The van der Waals surface area contributed by atoms with Crippen LogP contribution in [-0.2, 0) is 23.0 Å². The van der Waals surface area contributed by atoms with Crippen LogP contribution in [0.25, 0.3) is 89.0 Å². The fourth-order valence-electron chi connectivity index (χ4n) is 19.9. The zero-order chi connectivity index (χ0) is 82.7. The van der Waals surface area contributed by atoms with Crippen LogP contribution >= 0.6 is 54.0 Å². The molecule has 4 N–H and O–H groups in total. The fourth-order valence-corrected chi connectivity index (χ4v) is 42.4. The van der Waals surface area contributed by atoms with Gasteiger partial charge in [0.05, 0.1) is 11.1 Å². The van der Waals surface area contributed by atoms with Crippen LogP contribution in [0.3, 0.4) is 0 Å². The van der Waals surface area contributed by atoms with Gasteiger partial charge in [-0.1, -0.05) is 285 Å². The van der Waals surface area contributed by atoms with Crippen molar-refractivity contribution in [3.05, 3.63) is 393 Å². The molecule has 0 saturated heterocycles. The third-order valence-corrected chi connectivity index (χ3v) is 45.2. The molecule has 16 aromatic rings. The van der Waals surface area contributed by atoms with E-state index in [-0.39, 0.29) is 56.5 Å². The Bertz CT molecular complexity index is 6660. The van der Waals surface area contributed by atoms with Crippen molar-refractivity contribution in [3.63, 3.8) is 0 Å². The summed E-state index contributed by atoms with van der Waals surface area (Å²) >= 11 is 20.7. The molecule has 0 amide bonds. The van der Waals surface area contributed by atoms with Gasteiger partial charge in [0.15, 0.2) is 24.2 Å². The quantitative estimate of drug-likeness (QED) is 0.0408. The van der Waals surface area contributed by atoms with Gasteiger partial charge >= 0.3 is 56.4 Å². The van der Waals surface area contributed by atoms with Crippen LogP contribution in [0.5, 0.6) is 0 Å². The molecule has 3 spiro atoms. The summed E-state index contributed by atoms with van der Waals surface area (Å²) in [7, 11) is -7.72. The smallest absolute Gasteiger partial charge is 0.478 e. The average Bonchev–Trinajstić information content (AvgIpc) is 1.52. The second-order valence-corrected chi connectivity index (χ2v) is 50.6. The molecule has 7 aliphatic heterocycles. The summed E-state index contributed by atoms with van der Waals surface area (Å²) < 4.78 is 1.97. The summed E-state index contributed by atoms with van der Waals surface area (Å²) in [4.78, 5) is 32.8. The van der Waals surface area contributed by atoms with Gasteiger partial charge in [-0.2, -0.15) is 48.5 Å². The van der Waals surface area contributed by atoms with E-state index < -0.39 is 42.9 Å². The topological polar surface area (TPSA) is 134 Å².